The third-order valence-electron chi connectivity index (χ3n) is 6.62. The second kappa shape index (κ2) is 9.02. The van der Waals surface area contributed by atoms with Gasteiger partial charge in [0.05, 0.1) is 23.3 Å². The number of aryl methyl sites for hydroxylation is 2. The van der Waals surface area contributed by atoms with Crippen molar-refractivity contribution in [3.8, 4) is 17.1 Å². The summed E-state index contributed by atoms with van der Waals surface area (Å²) in [7, 11) is 0. The molecular formula is C26H24ClF3N6O2. The van der Waals surface area contributed by atoms with Crippen molar-refractivity contribution in [2.75, 3.05) is 0 Å². The van der Waals surface area contributed by atoms with Gasteiger partial charge in [0.2, 0.25) is 0 Å². The van der Waals surface area contributed by atoms with Crippen LogP contribution in [-0.4, -0.2) is 34.4 Å². The van der Waals surface area contributed by atoms with Crippen LogP contribution in [0, 0.1) is 13.8 Å². The number of halogens is 4. The molecular weight excluding hydrogens is 521 g/mol. The third kappa shape index (κ3) is 4.71. The van der Waals surface area contributed by atoms with Crippen LogP contribution in [0.1, 0.15) is 60.3 Å². The summed E-state index contributed by atoms with van der Waals surface area (Å²) < 4.78 is 40.3. The van der Waals surface area contributed by atoms with Gasteiger partial charge in [-0.25, -0.2) is 9.97 Å². The fourth-order valence-electron chi connectivity index (χ4n) is 4.57. The number of pyridine rings is 2. The highest BCUT2D eigenvalue weighted by atomic mass is 35.5. The molecule has 0 spiro atoms. The summed E-state index contributed by atoms with van der Waals surface area (Å²) in [6.07, 6.45) is 1.33. The van der Waals surface area contributed by atoms with Crippen LogP contribution in [-0.2, 0) is 11.9 Å². The van der Waals surface area contributed by atoms with E-state index in [1.807, 2.05) is 6.92 Å². The Balaban J connectivity index is 1.51. The highest BCUT2D eigenvalue weighted by molar-refractivity contribution is 6.31. The standard InChI is InChI=1S/C26H24ClF3N6O2/c1-13-10-32-20(19-5-6-31-24(34-19)25(3,4)38)9-21(13)36-14(2)7-18(22(27)23(36)37)17-8-16(17)15-11-33-35(12-15)26(28,29)30/h5-7,9-12,16-17,38H,8H2,1-4H3/t16?,17-/m1/s1. The summed E-state index contributed by atoms with van der Waals surface area (Å²) in [5.41, 5.74) is 2.25. The van der Waals surface area contributed by atoms with E-state index in [1.165, 1.54) is 17.0 Å². The number of nitrogens with zero attached hydrogens (tertiary/aromatic N) is 6. The van der Waals surface area contributed by atoms with Crippen LogP contribution in [0.5, 0.6) is 0 Å². The zero-order valence-corrected chi connectivity index (χ0v) is 21.7. The summed E-state index contributed by atoms with van der Waals surface area (Å²) in [6, 6.07) is 5.19. The average molecular weight is 545 g/mol. The second-order valence-corrected chi connectivity index (χ2v) is 10.4. The van der Waals surface area contributed by atoms with E-state index in [1.54, 1.807) is 45.2 Å². The molecule has 1 aliphatic carbocycles. The largest absolute Gasteiger partial charge is 0.504 e. The van der Waals surface area contributed by atoms with Gasteiger partial charge >= 0.3 is 6.30 Å². The molecule has 8 nitrogen and oxygen atoms in total. The van der Waals surface area contributed by atoms with E-state index in [0.29, 0.717) is 40.3 Å². The number of hydrogen-bond donors (Lipinski definition) is 1. The molecule has 0 radical (unpaired) electrons. The smallest absolute Gasteiger partial charge is 0.382 e. The Hall–Kier alpha value is -3.57. The molecule has 0 aliphatic heterocycles. The molecule has 0 aromatic carbocycles. The number of rotatable bonds is 5. The molecule has 1 fully saturated rings. The van der Waals surface area contributed by atoms with Gasteiger partial charge in [-0.1, -0.05) is 11.6 Å². The summed E-state index contributed by atoms with van der Waals surface area (Å²) in [5.74, 6) is -0.139. The summed E-state index contributed by atoms with van der Waals surface area (Å²) in [5, 5.41) is 13.7. The highest BCUT2D eigenvalue weighted by Gasteiger charge is 2.43. The predicted octanol–water partition coefficient (Wildman–Crippen LogP) is 5.13. The minimum absolute atomic E-state index is 0.0193. The number of aliphatic hydroxyl groups is 1. The van der Waals surface area contributed by atoms with E-state index >= 15 is 0 Å². The van der Waals surface area contributed by atoms with Gasteiger partial charge in [-0.3, -0.25) is 14.3 Å². The van der Waals surface area contributed by atoms with Gasteiger partial charge in [-0.05, 0) is 80.8 Å². The van der Waals surface area contributed by atoms with Crippen LogP contribution in [0.3, 0.4) is 0 Å². The quantitative estimate of drug-likeness (QED) is 0.374. The van der Waals surface area contributed by atoms with E-state index in [2.05, 4.69) is 20.1 Å². The SMILES string of the molecule is Cc1cnc(-c2ccnc(C(C)(C)O)n2)cc1-n1c(C)cc([C@@H]2CC2c2cnn(C(F)(F)F)c2)c(Cl)c1=O. The Morgan fingerprint density at radius 1 is 1.08 bits per heavy atom. The summed E-state index contributed by atoms with van der Waals surface area (Å²) >= 11 is 6.57. The molecule has 1 aliphatic rings. The fraction of sp³-hybridized carbons (Fsp3) is 0.346. The lowest BCUT2D eigenvalue weighted by atomic mass is 10.1. The maximum atomic E-state index is 13.5. The lowest BCUT2D eigenvalue weighted by Crippen LogP contribution is -2.23. The zero-order chi connectivity index (χ0) is 27.6. The van der Waals surface area contributed by atoms with Crippen molar-refractivity contribution in [2.45, 2.75) is 57.9 Å². The van der Waals surface area contributed by atoms with E-state index in [9.17, 15) is 23.1 Å². The molecule has 4 aromatic rings. The first-order chi connectivity index (χ1) is 17.8. The molecule has 0 amide bonds. The molecule has 4 aromatic heterocycles. The molecule has 198 valence electrons. The lowest BCUT2D eigenvalue weighted by molar-refractivity contribution is -0.212. The van der Waals surface area contributed by atoms with Gasteiger partial charge in [0.1, 0.15) is 10.6 Å². The van der Waals surface area contributed by atoms with Crippen LogP contribution in [0.25, 0.3) is 17.1 Å². The van der Waals surface area contributed by atoms with Crippen LogP contribution in [0.2, 0.25) is 5.02 Å². The van der Waals surface area contributed by atoms with Crippen molar-refractivity contribution < 1.29 is 18.3 Å². The molecule has 0 saturated heterocycles. The van der Waals surface area contributed by atoms with Crippen LogP contribution in [0.4, 0.5) is 13.2 Å². The summed E-state index contributed by atoms with van der Waals surface area (Å²) in [4.78, 5) is 26.5. The van der Waals surface area contributed by atoms with Crippen molar-refractivity contribution in [3.05, 3.63) is 86.6 Å². The fourth-order valence-corrected chi connectivity index (χ4v) is 4.85. The molecule has 1 unspecified atom stereocenters. The topological polar surface area (TPSA) is 98.7 Å². The first kappa shape index (κ1) is 26.1. The first-order valence-electron chi connectivity index (χ1n) is 11.8. The number of aromatic nitrogens is 6. The molecule has 1 saturated carbocycles. The molecule has 38 heavy (non-hydrogen) atoms. The zero-order valence-electron chi connectivity index (χ0n) is 21.0. The monoisotopic (exact) mass is 544 g/mol. The van der Waals surface area contributed by atoms with E-state index < -0.39 is 17.5 Å². The van der Waals surface area contributed by atoms with Gasteiger partial charge < -0.3 is 5.11 Å². The number of alkyl halides is 3. The Morgan fingerprint density at radius 3 is 2.47 bits per heavy atom. The van der Waals surface area contributed by atoms with E-state index in [0.717, 1.165) is 11.8 Å². The minimum Gasteiger partial charge on any atom is -0.382 e. The third-order valence-corrected chi connectivity index (χ3v) is 7.00. The van der Waals surface area contributed by atoms with Gasteiger partial charge in [-0.15, -0.1) is 13.2 Å². The van der Waals surface area contributed by atoms with Gasteiger partial charge in [0, 0.05) is 24.3 Å². The van der Waals surface area contributed by atoms with Crippen molar-refractivity contribution in [1.29, 1.82) is 0 Å². The average Bonchev–Trinajstić information content (AvgIpc) is 3.46. The van der Waals surface area contributed by atoms with Crippen molar-refractivity contribution in [1.82, 2.24) is 29.3 Å². The molecule has 4 heterocycles. The van der Waals surface area contributed by atoms with Gasteiger partial charge in [0.15, 0.2) is 5.82 Å². The van der Waals surface area contributed by atoms with E-state index in [4.69, 9.17) is 11.6 Å². The van der Waals surface area contributed by atoms with Crippen LogP contribution >= 0.6 is 11.6 Å². The Bertz CT molecular complexity index is 1610. The maximum Gasteiger partial charge on any atom is 0.504 e. The maximum absolute atomic E-state index is 13.5. The molecule has 0 bridgehead atoms. The summed E-state index contributed by atoms with van der Waals surface area (Å²) in [6.45, 7) is 6.76. The van der Waals surface area contributed by atoms with E-state index in [-0.39, 0.29) is 27.4 Å². The normalized spacial score (nSPS) is 17.6. The Morgan fingerprint density at radius 2 is 1.82 bits per heavy atom. The lowest BCUT2D eigenvalue weighted by Gasteiger charge is -2.17. The predicted molar refractivity (Wildman–Crippen MR) is 134 cm³/mol. The molecule has 1 N–H and O–H groups in total. The minimum atomic E-state index is -4.58. The van der Waals surface area contributed by atoms with Crippen molar-refractivity contribution in [2.24, 2.45) is 0 Å². The Kier molecular flexibility index (Phi) is 6.18. The highest BCUT2D eigenvalue weighted by Crippen LogP contribution is 2.56. The van der Waals surface area contributed by atoms with Crippen LogP contribution in [0.15, 0.2) is 47.8 Å². The van der Waals surface area contributed by atoms with Crippen molar-refractivity contribution in [3.63, 3.8) is 0 Å². The van der Waals surface area contributed by atoms with Gasteiger partial charge in [0.25, 0.3) is 5.56 Å². The van der Waals surface area contributed by atoms with Crippen molar-refractivity contribution >= 4 is 11.6 Å². The number of hydrogen-bond acceptors (Lipinski definition) is 6. The Labute approximate surface area is 220 Å². The van der Waals surface area contributed by atoms with Gasteiger partial charge in [-0.2, -0.15) is 9.78 Å². The molecule has 2 atom stereocenters. The molecule has 12 heteroatoms. The second-order valence-electron chi connectivity index (χ2n) is 10.0. The van der Waals surface area contributed by atoms with Crippen LogP contribution < -0.4 is 5.56 Å². The molecule has 5 rings (SSSR count). The first-order valence-corrected chi connectivity index (χ1v) is 12.2.